The van der Waals surface area contributed by atoms with Crippen LogP contribution in [0.2, 0.25) is 0 Å². The van der Waals surface area contributed by atoms with Crippen molar-refractivity contribution in [2.45, 2.75) is 19.3 Å². The highest BCUT2D eigenvalue weighted by molar-refractivity contribution is 5.99. The molecule has 0 radical (unpaired) electrons. The zero-order chi connectivity index (χ0) is 36.2. The molecule has 0 aliphatic heterocycles. The molecular formula is C33H31N5O12. The van der Waals surface area contributed by atoms with Gasteiger partial charge in [0.2, 0.25) is 5.91 Å². The lowest BCUT2D eigenvalue weighted by Crippen LogP contribution is -2.54. The van der Waals surface area contributed by atoms with Gasteiger partial charge in [-0.25, -0.2) is 9.59 Å². The van der Waals surface area contributed by atoms with Crippen molar-refractivity contribution in [1.29, 1.82) is 0 Å². The Labute approximate surface area is 282 Å². The topological polar surface area (TPSA) is 245 Å². The van der Waals surface area contributed by atoms with Gasteiger partial charge >= 0.3 is 11.9 Å². The summed E-state index contributed by atoms with van der Waals surface area (Å²) in [7, 11) is 0. The molecule has 0 aliphatic rings. The normalized spacial score (nSPS) is 11.1. The third-order valence-electron chi connectivity index (χ3n) is 6.92. The Morgan fingerprint density at radius 1 is 0.640 bits per heavy atom. The number of nitrogens with zero attached hydrogens (tertiary/aromatic N) is 2. The number of carboxylic acids is 2. The molecule has 0 spiro atoms. The van der Waals surface area contributed by atoms with Crippen LogP contribution >= 0.6 is 0 Å². The summed E-state index contributed by atoms with van der Waals surface area (Å²) < 4.78 is 0.877. The monoisotopic (exact) mass is 689 g/mol. The van der Waals surface area contributed by atoms with Gasteiger partial charge in [-0.15, -0.1) is 9.46 Å². The van der Waals surface area contributed by atoms with Crippen LogP contribution in [0.5, 0.6) is 0 Å². The second-order valence-electron chi connectivity index (χ2n) is 10.3. The molecule has 0 fully saturated rings. The molecule has 17 heteroatoms. The summed E-state index contributed by atoms with van der Waals surface area (Å²) >= 11 is 0. The predicted molar refractivity (Wildman–Crippen MR) is 172 cm³/mol. The summed E-state index contributed by atoms with van der Waals surface area (Å²) in [5, 5.41) is 35.2. The van der Waals surface area contributed by atoms with Gasteiger partial charge in [0.1, 0.15) is 30.4 Å². The van der Waals surface area contributed by atoms with Crippen LogP contribution in [0.15, 0.2) is 94.5 Å². The van der Waals surface area contributed by atoms with Crippen LogP contribution in [0.1, 0.15) is 52.8 Å². The predicted octanol–water partition coefficient (Wildman–Crippen LogP) is -0.699. The van der Waals surface area contributed by atoms with E-state index in [1.807, 2.05) is 0 Å². The number of carbonyl (C=O) groups excluding carboxylic acids is 3. The van der Waals surface area contributed by atoms with E-state index in [1.54, 1.807) is 60.7 Å². The number of carboxylic acid groups (broad SMARTS) is 2. The van der Waals surface area contributed by atoms with E-state index in [-0.39, 0.29) is 19.8 Å². The van der Waals surface area contributed by atoms with E-state index < -0.39 is 82.5 Å². The van der Waals surface area contributed by atoms with Gasteiger partial charge < -0.3 is 40.9 Å². The average Bonchev–Trinajstić information content (AvgIpc) is 3.11. The van der Waals surface area contributed by atoms with Crippen molar-refractivity contribution >= 4 is 29.7 Å². The van der Waals surface area contributed by atoms with Crippen molar-refractivity contribution < 1.29 is 49.0 Å². The Morgan fingerprint density at radius 2 is 1.10 bits per heavy atom. The molecule has 1 unspecified atom stereocenters. The Morgan fingerprint density at radius 3 is 1.54 bits per heavy atom. The highest BCUT2D eigenvalue weighted by atomic mass is 16.7. The van der Waals surface area contributed by atoms with Crippen molar-refractivity contribution in [2.75, 3.05) is 19.7 Å². The molecule has 50 heavy (non-hydrogen) atoms. The maximum atomic E-state index is 13.3. The number of benzene rings is 2. The number of aromatic carboxylic acids is 2. The van der Waals surface area contributed by atoms with Gasteiger partial charge in [0.05, 0.1) is 6.61 Å². The van der Waals surface area contributed by atoms with E-state index in [9.17, 15) is 43.8 Å². The van der Waals surface area contributed by atoms with Crippen LogP contribution in [0.3, 0.4) is 0 Å². The number of carbonyl (C=O) groups is 5. The number of hydrogen-bond donors (Lipinski definition) is 6. The van der Waals surface area contributed by atoms with Crippen LogP contribution in [-0.4, -0.2) is 80.2 Å². The average molecular weight is 690 g/mol. The molecule has 17 nitrogen and oxygen atoms in total. The molecule has 0 bridgehead atoms. The fourth-order valence-electron chi connectivity index (χ4n) is 4.42. The van der Waals surface area contributed by atoms with Crippen LogP contribution in [0.4, 0.5) is 0 Å². The second kappa shape index (κ2) is 16.9. The smallest absolute Gasteiger partial charge is 0.356 e. The first-order chi connectivity index (χ1) is 24.0. The van der Waals surface area contributed by atoms with Crippen molar-refractivity contribution in [3.63, 3.8) is 0 Å². The maximum absolute atomic E-state index is 13.3. The van der Waals surface area contributed by atoms with E-state index in [0.29, 0.717) is 20.6 Å². The fraction of sp³-hybridized carbons (Fsp3) is 0.182. The standard InChI is InChI=1S/C33H31N5O12/c39-16-15-34-29(42)24(36-28(41)23-12-14-26(33(47)48)38(31(23)44)50-19-21-9-5-2-6-10-21)17-35-27(40)22-11-13-25(32(45)46)37(30(22)43)49-18-20-7-3-1-4-8-20/h1-14,24,39H,15-19H2,(H,34,42)(H,35,40)(H,36,41)(H,45,46)(H,47,48). The van der Waals surface area contributed by atoms with Crippen LogP contribution in [-0.2, 0) is 18.0 Å². The van der Waals surface area contributed by atoms with Gasteiger partial charge in [-0.2, -0.15) is 0 Å². The number of amides is 3. The summed E-state index contributed by atoms with van der Waals surface area (Å²) in [4.78, 5) is 100. The molecule has 4 rings (SSSR count). The first kappa shape index (κ1) is 36.1. The van der Waals surface area contributed by atoms with E-state index in [1.165, 1.54) is 0 Å². The van der Waals surface area contributed by atoms with Crippen LogP contribution in [0, 0.1) is 0 Å². The minimum absolute atomic E-state index is 0.211. The lowest BCUT2D eigenvalue weighted by molar-refractivity contribution is -0.123. The van der Waals surface area contributed by atoms with E-state index in [2.05, 4.69) is 16.0 Å². The number of hydrogen-bond acceptors (Lipinski definition) is 10. The summed E-state index contributed by atoms with van der Waals surface area (Å²) in [5.74, 6) is -6.15. The molecule has 1 atom stereocenters. The molecule has 2 aromatic heterocycles. The maximum Gasteiger partial charge on any atom is 0.356 e. The van der Waals surface area contributed by atoms with Gasteiger partial charge in [-0.05, 0) is 35.4 Å². The Kier molecular flexibility index (Phi) is 12.2. The molecular weight excluding hydrogens is 658 g/mol. The highest BCUT2D eigenvalue weighted by Crippen LogP contribution is 2.06. The number of pyridine rings is 2. The molecule has 2 heterocycles. The number of rotatable bonds is 16. The lowest BCUT2D eigenvalue weighted by atomic mass is 10.2. The van der Waals surface area contributed by atoms with Gasteiger partial charge in [-0.1, -0.05) is 60.7 Å². The van der Waals surface area contributed by atoms with Gasteiger partial charge in [0, 0.05) is 13.1 Å². The number of aliphatic hydroxyl groups is 1. The fourth-order valence-corrected chi connectivity index (χ4v) is 4.42. The minimum Gasteiger partial charge on any atom is -0.476 e. The van der Waals surface area contributed by atoms with Crippen molar-refractivity contribution in [3.8, 4) is 0 Å². The van der Waals surface area contributed by atoms with Crippen LogP contribution in [0.25, 0.3) is 0 Å². The van der Waals surface area contributed by atoms with Crippen molar-refractivity contribution in [1.82, 2.24) is 25.4 Å². The third kappa shape index (κ3) is 8.98. The number of aromatic nitrogens is 2. The molecule has 4 aromatic rings. The molecule has 260 valence electrons. The van der Waals surface area contributed by atoms with Gasteiger partial charge in [0.25, 0.3) is 22.9 Å². The van der Waals surface area contributed by atoms with E-state index >= 15 is 0 Å². The minimum atomic E-state index is -1.59. The molecule has 0 aliphatic carbocycles. The molecule has 2 aromatic carbocycles. The Balaban J connectivity index is 1.55. The number of aliphatic hydroxyl groups excluding tert-OH is 1. The molecule has 6 N–H and O–H groups in total. The van der Waals surface area contributed by atoms with Gasteiger partial charge in [0.15, 0.2) is 11.4 Å². The largest absolute Gasteiger partial charge is 0.476 e. The number of nitrogens with one attached hydrogen (secondary N) is 3. The van der Waals surface area contributed by atoms with Crippen molar-refractivity contribution in [2.24, 2.45) is 0 Å². The lowest BCUT2D eigenvalue weighted by Gasteiger charge is -2.19. The van der Waals surface area contributed by atoms with E-state index in [4.69, 9.17) is 14.8 Å². The molecule has 3 amide bonds. The quantitative estimate of drug-likeness (QED) is 0.0856. The summed E-state index contributed by atoms with van der Waals surface area (Å²) in [6, 6.07) is 19.2. The highest BCUT2D eigenvalue weighted by Gasteiger charge is 2.27. The zero-order valence-corrected chi connectivity index (χ0v) is 26.1. The van der Waals surface area contributed by atoms with Gasteiger partial charge in [-0.3, -0.25) is 24.0 Å². The van der Waals surface area contributed by atoms with Crippen molar-refractivity contribution in [3.05, 3.63) is 139 Å². The SMILES string of the molecule is O=C(NCC(NC(=O)c1ccc(C(=O)O)n(OCc2ccccc2)c1=O)C(=O)NCCO)c1ccc(C(=O)O)n(OCc2ccccc2)c1=O. The summed E-state index contributed by atoms with van der Waals surface area (Å²) in [5.41, 5.74) is -3.42. The van der Waals surface area contributed by atoms with Crippen LogP contribution < -0.4 is 36.7 Å². The zero-order valence-electron chi connectivity index (χ0n) is 26.1. The first-order valence-corrected chi connectivity index (χ1v) is 14.8. The van der Waals surface area contributed by atoms with E-state index in [0.717, 1.165) is 24.3 Å². The second-order valence-corrected chi connectivity index (χ2v) is 10.3. The molecule has 0 saturated heterocycles. The summed E-state index contributed by atoms with van der Waals surface area (Å²) in [6.07, 6.45) is 0. The summed E-state index contributed by atoms with van der Waals surface area (Å²) in [6.45, 7) is -1.81. The Hall–Kier alpha value is -6.75. The molecule has 0 saturated carbocycles. The first-order valence-electron chi connectivity index (χ1n) is 14.8. The third-order valence-corrected chi connectivity index (χ3v) is 6.92. The Bertz CT molecular complexity index is 1990.